The van der Waals surface area contributed by atoms with Crippen molar-refractivity contribution in [2.24, 2.45) is 0 Å². The van der Waals surface area contributed by atoms with E-state index in [0.29, 0.717) is 18.0 Å². The van der Waals surface area contributed by atoms with Crippen LogP contribution in [0.1, 0.15) is 5.56 Å². The van der Waals surface area contributed by atoms with Gasteiger partial charge in [-0.2, -0.15) is 0 Å². The van der Waals surface area contributed by atoms with Gasteiger partial charge < -0.3 is 14.4 Å². The molecule has 2 aromatic carbocycles. The quantitative estimate of drug-likeness (QED) is 0.739. The first kappa shape index (κ1) is 19.7. The molecular weight excluding hydrogens is 392 g/mol. The van der Waals surface area contributed by atoms with Crippen LogP contribution < -0.4 is 14.4 Å². The summed E-state index contributed by atoms with van der Waals surface area (Å²) in [6.07, 6.45) is 0. The molecule has 0 N–H and O–H groups in total. The number of sulfone groups is 1. The van der Waals surface area contributed by atoms with Crippen LogP contribution >= 0.6 is 0 Å². The Labute approximate surface area is 170 Å². The van der Waals surface area contributed by atoms with Gasteiger partial charge in [-0.15, -0.1) is 0 Å². The van der Waals surface area contributed by atoms with E-state index in [1.165, 1.54) is 0 Å². The van der Waals surface area contributed by atoms with E-state index in [2.05, 4.69) is 0 Å². The third-order valence-electron chi connectivity index (χ3n) is 5.60. The van der Waals surface area contributed by atoms with Gasteiger partial charge in [0.2, 0.25) is 5.91 Å². The Kier molecular flexibility index (Phi) is 5.23. The highest BCUT2D eigenvalue weighted by atomic mass is 32.2. The zero-order valence-corrected chi connectivity index (χ0v) is 17.3. The van der Waals surface area contributed by atoms with Crippen LogP contribution in [0.25, 0.3) is 0 Å². The molecule has 0 aliphatic carbocycles. The molecule has 1 amide bonds. The van der Waals surface area contributed by atoms with Crippen LogP contribution in [0.4, 0.5) is 5.69 Å². The van der Waals surface area contributed by atoms with Crippen molar-refractivity contribution in [1.29, 1.82) is 0 Å². The highest BCUT2D eigenvalue weighted by molar-refractivity contribution is 7.91. The molecule has 0 saturated carbocycles. The second-order valence-electron chi connectivity index (χ2n) is 7.43. The van der Waals surface area contributed by atoms with E-state index < -0.39 is 15.9 Å². The molecule has 29 heavy (non-hydrogen) atoms. The molecule has 2 fully saturated rings. The smallest absolute Gasteiger partial charge is 0.241 e. The highest BCUT2D eigenvalue weighted by Crippen LogP contribution is 2.33. The SMILES string of the molecule is COc1ccc(CN2CC(=O)N(c3ccc(OC)cc3)[C@@H]3CS(=O)(=O)C[C@H]32)cc1. The number of carbonyl (C=O) groups excluding carboxylic acids is 1. The first-order chi connectivity index (χ1) is 13.9. The van der Waals surface area contributed by atoms with Gasteiger partial charge in [0.1, 0.15) is 11.5 Å². The molecule has 8 heteroatoms. The predicted molar refractivity (Wildman–Crippen MR) is 110 cm³/mol. The third kappa shape index (κ3) is 3.95. The molecule has 0 radical (unpaired) electrons. The molecule has 4 rings (SSSR count). The maximum absolute atomic E-state index is 13.0. The van der Waals surface area contributed by atoms with Gasteiger partial charge in [-0.05, 0) is 42.0 Å². The molecule has 154 valence electrons. The van der Waals surface area contributed by atoms with Crippen LogP contribution in [0.3, 0.4) is 0 Å². The molecule has 2 aliphatic heterocycles. The molecule has 2 heterocycles. The summed E-state index contributed by atoms with van der Waals surface area (Å²) in [5.74, 6) is 1.40. The van der Waals surface area contributed by atoms with E-state index >= 15 is 0 Å². The summed E-state index contributed by atoms with van der Waals surface area (Å²) in [5.41, 5.74) is 1.71. The molecule has 7 nitrogen and oxygen atoms in total. The van der Waals surface area contributed by atoms with Gasteiger partial charge in [0.05, 0.1) is 38.3 Å². The Morgan fingerprint density at radius 3 is 2.03 bits per heavy atom. The van der Waals surface area contributed by atoms with E-state index in [1.807, 2.05) is 29.2 Å². The zero-order valence-electron chi connectivity index (χ0n) is 16.4. The summed E-state index contributed by atoms with van der Waals surface area (Å²) in [6, 6.07) is 14.2. The van der Waals surface area contributed by atoms with Crippen molar-refractivity contribution in [1.82, 2.24) is 4.90 Å². The number of fused-ring (bicyclic) bond motifs is 1. The van der Waals surface area contributed by atoms with E-state index in [-0.39, 0.29) is 30.0 Å². The van der Waals surface area contributed by atoms with Crippen molar-refractivity contribution in [3.63, 3.8) is 0 Å². The number of methoxy groups -OCH3 is 2. The fraction of sp³-hybridized carbons (Fsp3) is 0.381. The van der Waals surface area contributed by atoms with Crippen molar-refractivity contribution in [3.8, 4) is 11.5 Å². The van der Waals surface area contributed by atoms with Crippen LogP contribution in [0.2, 0.25) is 0 Å². The molecule has 0 aromatic heterocycles. The summed E-state index contributed by atoms with van der Waals surface area (Å²) >= 11 is 0. The number of hydrogen-bond donors (Lipinski definition) is 0. The summed E-state index contributed by atoms with van der Waals surface area (Å²) in [7, 11) is -0.0299. The predicted octanol–water partition coefficient (Wildman–Crippen LogP) is 1.72. The monoisotopic (exact) mass is 416 g/mol. The fourth-order valence-electron chi connectivity index (χ4n) is 4.17. The van der Waals surface area contributed by atoms with Crippen molar-refractivity contribution in [2.45, 2.75) is 18.6 Å². The number of hydrogen-bond acceptors (Lipinski definition) is 6. The number of ether oxygens (including phenoxy) is 2. The van der Waals surface area contributed by atoms with E-state index in [9.17, 15) is 13.2 Å². The Hall–Kier alpha value is -2.58. The first-order valence-electron chi connectivity index (χ1n) is 9.44. The largest absolute Gasteiger partial charge is 0.497 e. The summed E-state index contributed by atoms with van der Waals surface area (Å²) < 4.78 is 35.3. The number of piperazine rings is 1. The Balaban J connectivity index is 1.61. The number of anilines is 1. The maximum Gasteiger partial charge on any atom is 0.241 e. The minimum absolute atomic E-state index is 0.0193. The third-order valence-corrected chi connectivity index (χ3v) is 7.30. The van der Waals surface area contributed by atoms with Gasteiger partial charge >= 0.3 is 0 Å². The maximum atomic E-state index is 13.0. The Morgan fingerprint density at radius 2 is 1.45 bits per heavy atom. The molecule has 2 aliphatic rings. The summed E-state index contributed by atoms with van der Waals surface area (Å²) in [5, 5.41) is 0. The molecule has 0 unspecified atom stereocenters. The number of nitrogens with zero attached hydrogens (tertiary/aromatic N) is 2. The lowest BCUT2D eigenvalue weighted by molar-refractivity contribution is -0.123. The minimum Gasteiger partial charge on any atom is -0.497 e. The van der Waals surface area contributed by atoms with E-state index in [1.54, 1.807) is 43.4 Å². The average molecular weight is 416 g/mol. The lowest BCUT2D eigenvalue weighted by Crippen LogP contribution is -2.61. The van der Waals surface area contributed by atoms with Gasteiger partial charge in [0.15, 0.2) is 9.84 Å². The van der Waals surface area contributed by atoms with E-state index in [4.69, 9.17) is 9.47 Å². The number of amides is 1. The normalized spacial score (nSPS) is 23.7. The number of benzene rings is 2. The van der Waals surface area contributed by atoms with Gasteiger partial charge in [0, 0.05) is 18.3 Å². The van der Waals surface area contributed by atoms with Crippen molar-refractivity contribution in [3.05, 3.63) is 54.1 Å². The number of rotatable bonds is 5. The fourth-order valence-corrected chi connectivity index (χ4v) is 6.16. The average Bonchev–Trinajstić information content (AvgIpc) is 3.04. The van der Waals surface area contributed by atoms with Gasteiger partial charge in [0.25, 0.3) is 0 Å². The summed E-state index contributed by atoms with van der Waals surface area (Å²) in [4.78, 5) is 16.7. The Morgan fingerprint density at radius 1 is 0.897 bits per heavy atom. The molecule has 0 bridgehead atoms. The number of carbonyl (C=O) groups is 1. The second-order valence-corrected chi connectivity index (χ2v) is 9.58. The van der Waals surface area contributed by atoms with Crippen molar-refractivity contribution >= 4 is 21.4 Å². The van der Waals surface area contributed by atoms with E-state index in [0.717, 1.165) is 11.3 Å². The topological polar surface area (TPSA) is 76.2 Å². The molecule has 2 saturated heterocycles. The molecular formula is C21H24N2O5S. The van der Waals surface area contributed by atoms with Crippen molar-refractivity contribution < 1.29 is 22.7 Å². The second kappa shape index (κ2) is 7.68. The summed E-state index contributed by atoms with van der Waals surface area (Å²) in [6.45, 7) is 0.692. The van der Waals surface area contributed by atoms with Gasteiger partial charge in [-0.25, -0.2) is 8.42 Å². The van der Waals surface area contributed by atoms with Crippen LogP contribution in [-0.2, 0) is 21.2 Å². The minimum atomic E-state index is -3.22. The lowest BCUT2D eigenvalue weighted by Gasteiger charge is -2.43. The van der Waals surface area contributed by atoms with Crippen LogP contribution in [0.5, 0.6) is 11.5 Å². The van der Waals surface area contributed by atoms with Gasteiger partial charge in [-0.3, -0.25) is 9.69 Å². The molecule has 2 atom stereocenters. The van der Waals surface area contributed by atoms with Crippen molar-refractivity contribution in [2.75, 3.05) is 37.2 Å². The van der Waals surface area contributed by atoms with Crippen LogP contribution in [-0.4, -0.2) is 63.6 Å². The lowest BCUT2D eigenvalue weighted by atomic mass is 10.0. The standard InChI is InChI=1S/C21H24N2O5S/c1-27-17-7-3-15(4-8-17)11-22-12-21(24)23(16-5-9-18(28-2)10-6-16)20-14-29(25,26)13-19(20)22/h3-10,19-20H,11-14H2,1-2H3/t19-,20-/m1/s1. The van der Waals surface area contributed by atoms with Crippen LogP contribution in [0.15, 0.2) is 48.5 Å². The highest BCUT2D eigenvalue weighted by Gasteiger charge is 2.49. The molecule has 2 aromatic rings. The van der Waals surface area contributed by atoms with Gasteiger partial charge in [-0.1, -0.05) is 12.1 Å². The first-order valence-corrected chi connectivity index (χ1v) is 11.3. The van der Waals surface area contributed by atoms with Crippen LogP contribution in [0, 0.1) is 0 Å². The zero-order chi connectivity index (χ0) is 20.6. The Bertz CT molecular complexity index is 989. The molecule has 0 spiro atoms.